The normalized spacial score (nSPS) is 15.6. The van der Waals surface area contributed by atoms with Gasteiger partial charge in [0, 0.05) is 0 Å². The smallest absolute Gasteiger partial charge is 0.325 e. The zero-order valence-corrected chi connectivity index (χ0v) is 16.9. The van der Waals surface area contributed by atoms with Crippen molar-refractivity contribution < 1.29 is 44.1 Å². The molecular weight excluding hydrogens is 404 g/mol. The number of carbonyl (C=O) groups is 6. The Morgan fingerprint density at radius 3 is 1.53 bits per heavy atom. The topological polar surface area (TPSA) is 225 Å². The summed E-state index contributed by atoms with van der Waals surface area (Å²) < 4.78 is 0. The van der Waals surface area contributed by atoms with Crippen LogP contribution < -0.4 is 21.7 Å². The maximum absolute atomic E-state index is 12.5. The summed E-state index contributed by atoms with van der Waals surface area (Å²) in [6, 6.07) is -5.72. The van der Waals surface area contributed by atoms with E-state index >= 15 is 0 Å². The zero-order chi connectivity index (χ0) is 23.6. The Morgan fingerprint density at radius 2 is 1.17 bits per heavy atom. The lowest BCUT2D eigenvalue weighted by Crippen LogP contribution is -2.58. The minimum Gasteiger partial charge on any atom is -0.481 e. The van der Waals surface area contributed by atoms with Crippen molar-refractivity contribution in [3.8, 4) is 0 Å². The van der Waals surface area contributed by atoms with Gasteiger partial charge in [-0.3, -0.25) is 28.8 Å². The molecule has 0 aromatic heterocycles. The molecule has 0 bridgehead atoms. The van der Waals surface area contributed by atoms with E-state index < -0.39 is 72.6 Å². The Hall–Kier alpha value is -3.22. The number of carbonyl (C=O) groups excluding carboxylic acids is 3. The highest BCUT2D eigenvalue weighted by atomic mass is 16.4. The van der Waals surface area contributed by atoms with E-state index in [1.165, 1.54) is 0 Å². The summed E-state index contributed by atoms with van der Waals surface area (Å²) >= 11 is 0. The first kappa shape index (κ1) is 26.8. The van der Waals surface area contributed by atoms with Crippen LogP contribution in [-0.2, 0) is 28.8 Å². The molecule has 5 atom stereocenters. The Balaban J connectivity index is 5.44. The zero-order valence-electron chi connectivity index (χ0n) is 16.9. The monoisotopic (exact) mass is 432 g/mol. The maximum Gasteiger partial charge on any atom is 0.325 e. The molecule has 0 aromatic rings. The maximum atomic E-state index is 12.5. The quantitative estimate of drug-likeness (QED) is 0.167. The predicted molar refractivity (Wildman–Crippen MR) is 101 cm³/mol. The van der Waals surface area contributed by atoms with Gasteiger partial charge in [0.05, 0.1) is 18.9 Å². The van der Waals surface area contributed by atoms with Crippen LogP contribution in [0.25, 0.3) is 0 Å². The molecule has 30 heavy (non-hydrogen) atoms. The van der Waals surface area contributed by atoms with Gasteiger partial charge in [0.25, 0.3) is 0 Å². The molecule has 8 N–H and O–H groups in total. The molecule has 0 aromatic carbocycles. The van der Waals surface area contributed by atoms with E-state index in [2.05, 4.69) is 5.32 Å². The second-order valence-corrected chi connectivity index (χ2v) is 6.80. The van der Waals surface area contributed by atoms with Crippen molar-refractivity contribution >= 4 is 35.6 Å². The second-order valence-electron chi connectivity index (χ2n) is 6.80. The average Bonchev–Trinajstić information content (AvgIpc) is 2.64. The Labute approximate surface area is 172 Å². The van der Waals surface area contributed by atoms with Crippen LogP contribution in [0.15, 0.2) is 0 Å². The molecule has 170 valence electrons. The summed E-state index contributed by atoms with van der Waals surface area (Å²) in [6.07, 6.45) is -1.20. The van der Waals surface area contributed by atoms with Crippen molar-refractivity contribution in [3.63, 3.8) is 0 Å². The largest absolute Gasteiger partial charge is 0.481 e. The van der Waals surface area contributed by atoms with Crippen LogP contribution in [0.5, 0.6) is 0 Å². The van der Waals surface area contributed by atoms with Gasteiger partial charge in [-0.15, -0.1) is 0 Å². The number of hydrogen-bond donors (Lipinski definition) is 7. The summed E-state index contributed by atoms with van der Waals surface area (Å²) in [5.41, 5.74) is 5.76. The molecule has 0 spiro atoms. The fourth-order valence-electron chi connectivity index (χ4n) is 2.20. The van der Waals surface area contributed by atoms with E-state index in [4.69, 9.17) is 21.1 Å². The number of carboxylic acids is 3. The molecule has 0 heterocycles. The lowest BCUT2D eigenvalue weighted by molar-refractivity contribution is -0.144. The van der Waals surface area contributed by atoms with Crippen LogP contribution in [0.2, 0.25) is 0 Å². The van der Waals surface area contributed by atoms with Crippen molar-refractivity contribution in [1.29, 1.82) is 0 Å². The van der Waals surface area contributed by atoms with Gasteiger partial charge in [0.2, 0.25) is 17.7 Å². The molecule has 0 aliphatic heterocycles. The third-order valence-electron chi connectivity index (χ3n) is 4.31. The molecule has 0 fully saturated rings. The van der Waals surface area contributed by atoms with Gasteiger partial charge >= 0.3 is 17.9 Å². The third kappa shape index (κ3) is 9.32. The summed E-state index contributed by atoms with van der Waals surface area (Å²) in [5, 5.41) is 33.0. The van der Waals surface area contributed by atoms with Crippen LogP contribution >= 0.6 is 0 Å². The SMILES string of the molecule is CC[C@H](C)[C@H](N)C(=O)N[C@@H](CC(=O)O)C(=O)N[C@@H](CC(=O)O)C(=O)N[C@@H](C)C(=O)O. The van der Waals surface area contributed by atoms with E-state index in [9.17, 15) is 28.8 Å². The summed E-state index contributed by atoms with van der Waals surface area (Å²) in [7, 11) is 0. The van der Waals surface area contributed by atoms with E-state index in [1.807, 2.05) is 10.6 Å². The van der Waals surface area contributed by atoms with Crippen LogP contribution in [0, 0.1) is 5.92 Å². The van der Waals surface area contributed by atoms with Crippen LogP contribution in [-0.4, -0.2) is 75.1 Å². The Bertz CT molecular complexity index is 682. The fraction of sp³-hybridized carbons (Fsp3) is 0.647. The number of nitrogens with one attached hydrogen (secondary N) is 3. The highest BCUT2D eigenvalue weighted by Crippen LogP contribution is 2.06. The highest BCUT2D eigenvalue weighted by molar-refractivity contribution is 5.96. The minimum atomic E-state index is -1.70. The first-order valence-corrected chi connectivity index (χ1v) is 9.13. The van der Waals surface area contributed by atoms with Gasteiger partial charge in [-0.2, -0.15) is 0 Å². The molecule has 0 rings (SSSR count). The third-order valence-corrected chi connectivity index (χ3v) is 4.31. The van der Waals surface area contributed by atoms with E-state index in [1.54, 1.807) is 13.8 Å². The highest BCUT2D eigenvalue weighted by Gasteiger charge is 2.32. The predicted octanol–water partition coefficient (Wildman–Crippen LogP) is -2.13. The molecule has 0 saturated heterocycles. The number of rotatable bonds is 13. The summed E-state index contributed by atoms with van der Waals surface area (Å²) in [5.74, 6) is -7.59. The summed E-state index contributed by atoms with van der Waals surface area (Å²) in [6.45, 7) is 4.60. The lowest BCUT2D eigenvalue weighted by Gasteiger charge is -2.24. The molecule has 13 heteroatoms. The number of amides is 3. The van der Waals surface area contributed by atoms with Gasteiger partial charge in [-0.1, -0.05) is 20.3 Å². The summed E-state index contributed by atoms with van der Waals surface area (Å²) in [4.78, 5) is 69.8. The number of carboxylic acid groups (broad SMARTS) is 3. The number of hydrogen-bond acceptors (Lipinski definition) is 7. The van der Waals surface area contributed by atoms with Crippen LogP contribution in [0.4, 0.5) is 0 Å². The fourth-order valence-corrected chi connectivity index (χ4v) is 2.20. The van der Waals surface area contributed by atoms with Crippen molar-refractivity contribution in [2.45, 2.75) is 64.2 Å². The second kappa shape index (κ2) is 12.4. The van der Waals surface area contributed by atoms with Crippen molar-refractivity contribution in [2.24, 2.45) is 11.7 Å². The van der Waals surface area contributed by atoms with E-state index in [0.29, 0.717) is 6.42 Å². The Kier molecular flexibility index (Phi) is 11.0. The van der Waals surface area contributed by atoms with Gasteiger partial charge in [-0.05, 0) is 12.8 Å². The van der Waals surface area contributed by atoms with Crippen LogP contribution in [0.1, 0.15) is 40.0 Å². The molecule has 3 amide bonds. The van der Waals surface area contributed by atoms with Crippen molar-refractivity contribution in [2.75, 3.05) is 0 Å². The van der Waals surface area contributed by atoms with Gasteiger partial charge < -0.3 is 37.0 Å². The number of nitrogens with two attached hydrogens (primary N) is 1. The molecule has 0 saturated carbocycles. The van der Waals surface area contributed by atoms with E-state index in [-0.39, 0.29) is 5.92 Å². The minimum absolute atomic E-state index is 0.262. The Morgan fingerprint density at radius 1 is 0.767 bits per heavy atom. The molecular formula is C17H28N4O9. The van der Waals surface area contributed by atoms with Gasteiger partial charge in [0.1, 0.15) is 18.1 Å². The average molecular weight is 432 g/mol. The van der Waals surface area contributed by atoms with Crippen molar-refractivity contribution in [3.05, 3.63) is 0 Å². The first-order chi connectivity index (χ1) is 13.8. The molecule has 0 radical (unpaired) electrons. The number of aliphatic carboxylic acids is 3. The molecule has 0 aliphatic rings. The lowest BCUT2D eigenvalue weighted by atomic mass is 9.99. The molecule has 0 aliphatic carbocycles. The van der Waals surface area contributed by atoms with Crippen molar-refractivity contribution in [1.82, 2.24) is 16.0 Å². The van der Waals surface area contributed by atoms with Gasteiger partial charge in [0.15, 0.2) is 0 Å². The van der Waals surface area contributed by atoms with Gasteiger partial charge in [-0.25, -0.2) is 0 Å². The standard InChI is InChI=1S/C17H28N4O9/c1-4-7(2)13(18)16(28)21-10(6-12(24)25)15(27)20-9(5-11(22)23)14(26)19-8(3)17(29)30/h7-10,13H,4-6,18H2,1-3H3,(H,19,26)(H,20,27)(H,21,28)(H,22,23)(H,24,25)(H,29,30)/t7-,8-,9-,10-,13-/m0/s1. The molecule has 0 unspecified atom stereocenters. The first-order valence-electron chi connectivity index (χ1n) is 9.13. The molecule has 13 nitrogen and oxygen atoms in total. The van der Waals surface area contributed by atoms with Crippen LogP contribution in [0.3, 0.4) is 0 Å². The van der Waals surface area contributed by atoms with E-state index in [0.717, 1.165) is 6.92 Å².